The topological polar surface area (TPSA) is 8.17 Å². The van der Waals surface area contributed by atoms with Crippen molar-refractivity contribution in [2.45, 2.75) is 0 Å². The van der Waals surface area contributed by atoms with Crippen LogP contribution >= 0.6 is 0 Å². The summed E-state index contributed by atoms with van der Waals surface area (Å²) in [4.78, 5) is 2.44. The van der Waals surface area contributed by atoms with Gasteiger partial charge in [0.15, 0.2) is 0 Å². The third kappa shape index (κ3) is 5.26. The molecular weight excluding hydrogens is 677 g/mol. The minimum Gasteiger partial charge on any atom is -0.310 e. The fourth-order valence-corrected chi connectivity index (χ4v) is 8.71. The number of hydrogen-bond donors (Lipinski definition) is 0. The van der Waals surface area contributed by atoms with Crippen LogP contribution < -0.4 is 4.90 Å². The van der Waals surface area contributed by atoms with E-state index in [2.05, 4.69) is 228 Å². The molecule has 0 N–H and O–H groups in total. The molecule has 0 amide bonds. The third-order valence-electron chi connectivity index (χ3n) is 11.3. The summed E-state index contributed by atoms with van der Waals surface area (Å²) < 4.78 is 2.46. The number of aromatic nitrogens is 1. The molecule has 0 saturated carbocycles. The van der Waals surface area contributed by atoms with Gasteiger partial charge in [0.2, 0.25) is 0 Å². The molecular formula is C54H36N2. The highest BCUT2D eigenvalue weighted by Gasteiger charge is 2.21. The molecule has 0 fully saturated rings. The molecule has 2 nitrogen and oxygen atoms in total. The van der Waals surface area contributed by atoms with E-state index in [4.69, 9.17) is 0 Å². The van der Waals surface area contributed by atoms with Gasteiger partial charge in [-0.1, -0.05) is 164 Å². The minimum absolute atomic E-state index is 1.10. The maximum absolute atomic E-state index is 2.46. The zero-order valence-corrected chi connectivity index (χ0v) is 30.7. The molecule has 0 radical (unpaired) electrons. The SMILES string of the molecule is c1ccc(-c2ccc(N(c3cc(-c4ccccc4)c4ccccc4c3)c3ccc(-n4c5ccccc5c5cc6ccccc6cc54)c4ccccc34)cc2)cc1. The summed E-state index contributed by atoms with van der Waals surface area (Å²) in [6.07, 6.45) is 0. The van der Waals surface area contributed by atoms with Crippen molar-refractivity contribution in [2.75, 3.05) is 4.90 Å². The molecule has 0 atom stereocenters. The minimum atomic E-state index is 1.10. The first kappa shape index (κ1) is 32.0. The Morgan fingerprint density at radius 3 is 1.62 bits per heavy atom. The van der Waals surface area contributed by atoms with Crippen molar-refractivity contribution < 1.29 is 0 Å². The number of nitrogens with zero attached hydrogens (tertiary/aromatic N) is 2. The maximum atomic E-state index is 2.46. The Hall–Kier alpha value is -7.42. The van der Waals surface area contributed by atoms with Gasteiger partial charge >= 0.3 is 0 Å². The highest BCUT2D eigenvalue weighted by Crippen LogP contribution is 2.45. The highest BCUT2D eigenvalue weighted by molar-refractivity contribution is 6.15. The first-order chi connectivity index (χ1) is 27.8. The first-order valence-corrected chi connectivity index (χ1v) is 19.3. The van der Waals surface area contributed by atoms with E-state index in [1.807, 2.05) is 0 Å². The van der Waals surface area contributed by atoms with Crippen LogP contribution in [0.25, 0.3) is 82.1 Å². The van der Waals surface area contributed by atoms with Crippen molar-refractivity contribution >= 4 is 71.2 Å². The monoisotopic (exact) mass is 712 g/mol. The second-order valence-corrected chi connectivity index (χ2v) is 14.5. The van der Waals surface area contributed by atoms with Crippen molar-refractivity contribution in [3.05, 3.63) is 218 Å². The lowest BCUT2D eigenvalue weighted by Crippen LogP contribution is -2.11. The molecule has 11 rings (SSSR count). The quantitative estimate of drug-likeness (QED) is 0.167. The Balaban J connectivity index is 1.17. The Kier molecular flexibility index (Phi) is 7.53. The van der Waals surface area contributed by atoms with Gasteiger partial charge in [-0.25, -0.2) is 0 Å². The molecule has 10 aromatic carbocycles. The molecule has 1 heterocycles. The molecule has 1 aromatic heterocycles. The van der Waals surface area contributed by atoms with E-state index in [0.29, 0.717) is 0 Å². The van der Waals surface area contributed by atoms with Gasteiger partial charge in [-0.05, 0) is 98.4 Å². The van der Waals surface area contributed by atoms with E-state index < -0.39 is 0 Å². The number of benzene rings is 10. The summed E-state index contributed by atoms with van der Waals surface area (Å²) in [6, 6.07) is 79.6. The number of anilines is 3. The summed E-state index contributed by atoms with van der Waals surface area (Å²) in [6.45, 7) is 0. The van der Waals surface area contributed by atoms with Gasteiger partial charge < -0.3 is 9.47 Å². The average Bonchev–Trinajstić information content (AvgIpc) is 3.59. The second kappa shape index (κ2) is 13.2. The number of rotatable bonds is 6. The molecule has 11 aromatic rings. The fourth-order valence-electron chi connectivity index (χ4n) is 8.71. The highest BCUT2D eigenvalue weighted by atomic mass is 15.1. The molecule has 0 bridgehead atoms. The molecule has 0 aliphatic carbocycles. The predicted octanol–water partition coefficient (Wildman–Crippen LogP) is 15.0. The van der Waals surface area contributed by atoms with Crippen molar-refractivity contribution in [1.82, 2.24) is 4.57 Å². The molecule has 56 heavy (non-hydrogen) atoms. The van der Waals surface area contributed by atoms with Gasteiger partial charge in [0, 0.05) is 32.9 Å². The zero-order valence-electron chi connectivity index (χ0n) is 30.7. The van der Waals surface area contributed by atoms with Crippen LogP contribution in [0.5, 0.6) is 0 Å². The van der Waals surface area contributed by atoms with Crippen LogP contribution in [-0.2, 0) is 0 Å². The Labute approximate surface area is 325 Å². The number of hydrogen-bond acceptors (Lipinski definition) is 1. The lowest BCUT2D eigenvalue weighted by molar-refractivity contribution is 1.19. The number of fused-ring (bicyclic) bond motifs is 6. The van der Waals surface area contributed by atoms with Gasteiger partial charge in [0.1, 0.15) is 0 Å². The van der Waals surface area contributed by atoms with Crippen LogP contribution in [0.15, 0.2) is 218 Å². The van der Waals surface area contributed by atoms with E-state index in [1.165, 1.54) is 76.4 Å². The Bertz CT molecular complexity index is 3230. The van der Waals surface area contributed by atoms with Gasteiger partial charge in [0.05, 0.1) is 22.4 Å². The molecule has 0 unspecified atom stereocenters. The van der Waals surface area contributed by atoms with Crippen LogP contribution in [0.3, 0.4) is 0 Å². The predicted molar refractivity (Wildman–Crippen MR) is 239 cm³/mol. The molecule has 2 heteroatoms. The summed E-state index contributed by atoms with van der Waals surface area (Å²) in [5.74, 6) is 0. The second-order valence-electron chi connectivity index (χ2n) is 14.5. The summed E-state index contributed by atoms with van der Waals surface area (Å²) in [7, 11) is 0. The summed E-state index contributed by atoms with van der Waals surface area (Å²) in [5, 5.41) is 9.81. The van der Waals surface area contributed by atoms with Crippen LogP contribution in [0.2, 0.25) is 0 Å². The van der Waals surface area contributed by atoms with E-state index >= 15 is 0 Å². The van der Waals surface area contributed by atoms with Crippen LogP contribution in [-0.4, -0.2) is 4.57 Å². The first-order valence-electron chi connectivity index (χ1n) is 19.3. The Morgan fingerprint density at radius 2 is 0.875 bits per heavy atom. The Morgan fingerprint density at radius 1 is 0.304 bits per heavy atom. The van der Waals surface area contributed by atoms with Gasteiger partial charge in [-0.15, -0.1) is 0 Å². The maximum Gasteiger partial charge on any atom is 0.0547 e. The lowest BCUT2D eigenvalue weighted by atomic mass is 9.96. The molecule has 0 spiro atoms. The van der Waals surface area contributed by atoms with Crippen LogP contribution in [0.4, 0.5) is 17.1 Å². The van der Waals surface area contributed by atoms with E-state index in [1.54, 1.807) is 0 Å². The smallest absolute Gasteiger partial charge is 0.0547 e. The largest absolute Gasteiger partial charge is 0.310 e. The fraction of sp³-hybridized carbons (Fsp3) is 0. The van der Waals surface area contributed by atoms with Crippen molar-refractivity contribution in [3.63, 3.8) is 0 Å². The lowest BCUT2D eigenvalue weighted by Gasteiger charge is -2.29. The third-order valence-corrected chi connectivity index (χ3v) is 11.3. The van der Waals surface area contributed by atoms with Gasteiger partial charge in [0.25, 0.3) is 0 Å². The summed E-state index contributed by atoms with van der Waals surface area (Å²) >= 11 is 0. The van der Waals surface area contributed by atoms with Crippen molar-refractivity contribution in [1.29, 1.82) is 0 Å². The van der Waals surface area contributed by atoms with Gasteiger partial charge in [-0.3, -0.25) is 0 Å². The molecule has 0 saturated heterocycles. The van der Waals surface area contributed by atoms with Gasteiger partial charge in [-0.2, -0.15) is 0 Å². The van der Waals surface area contributed by atoms with Crippen LogP contribution in [0.1, 0.15) is 0 Å². The molecule has 0 aliphatic heterocycles. The van der Waals surface area contributed by atoms with E-state index in [-0.39, 0.29) is 0 Å². The van der Waals surface area contributed by atoms with E-state index in [9.17, 15) is 0 Å². The van der Waals surface area contributed by atoms with Crippen molar-refractivity contribution in [3.8, 4) is 27.9 Å². The van der Waals surface area contributed by atoms with Crippen LogP contribution in [0, 0.1) is 0 Å². The average molecular weight is 713 g/mol. The number of para-hydroxylation sites is 1. The molecule has 0 aliphatic rings. The standard InChI is InChI=1S/C54H36N2/c1-3-15-37(16-4-1)38-27-29-43(30-28-38)55(44-33-42-21-9-10-22-45(42)49(36-44)39-17-5-2-6-18-39)52-31-32-53(47-24-12-11-23-46(47)52)56-51-26-14-13-25-48(51)50-34-40-19-7-8-20-41(40)35-54(50)56/h1-36H. The van der Waals surface area contributed by atoms with Crippen molar-refractivity contribution in [2.24, 2.45) is 0 Å². The normalized spacial score (nSPS) is 11.6. The summed E-state index contributed by atoms with van der Waals surface area (Å²) in [5.41, 5.74) is 11.7. The van der Waals surface area contributed by atoms with E-state index in [0.717, 1.165) is 22.7 Å². The molecule has 262 valence electrons. The zero-order chi connectivity index (χ0) is 37.0.